The van der Waals surface area contributed by atoms with Gasteiger partial charge in [-0.1, -0.05) is 13.3 Å². The van der Waals surface area contributed by atoms with Crippen molar-refractivity contribution in [2.24, 2.45) is 0 Å². The Hall–Kier alpha value is -0.360. The Morgan fingerprint density at radius 3 is 2.56 bits per heavy atom. The minimum Gasteiger partial charge on any atom is -0.347 e. The molecule has 0 aliphatic carbocycles. The van der Waals surface area contributed by atoms with Crippen LogP contribution in [0.5, 0.6) is 0 Å². The number of unbranched alkanes of at least 4 members (excludes halogenated alkanes) is 1. The summed E-state index contributed by atoms with van der Waals surface area (Å²) in [5.41, 5.74) is 1.08. The van der Waals surface area contributed by atoms with E-state index >= 15 is 0 Å². The second-order valence-corrected chi connectivity index (χ2v) is 6.05. The van der Waals surface area contributed by atoms with E-state index in [1.165, 1.54) is 0 Å². The van der Waals surface area contributed by atoms with Crippen molar-refractivity contribution in [1.29, 1.82) is 0 Å². The fourth-order valence-electron chi connectivity index (χ4n) is 1.79. The average molecular weight is 381 g/mol. The minimum atomic E-state index is -0.283. The standard InChI is InChI=1S/C12H19Br2N3O/c1-5-6-7-9-10(13)11(14)15-17(9)8(2)12(18)16(3)4/h8H,5-7H2,1-4H3. The lowest BCUT2D eigenvalue weighted by Gasteiger charge is -2.19. The van der Waals surface area contributed by atoms with E-state index in [4.69, 9.17) is 0 Å². The molecule has 0 aliphatic heterocycles. The van der Waals surface area contributed by atoms with Crippen LogP contribution in [0.3, 0.4) is 0 Å². The van der Waals surface area contributed by atoms with Crippen molar-refractivity contribution < 1.29 is 4.79 Å². The van der Waals surface area contributed by atoms with Crippen LogP contribution in [0.15, 0.2) is 9.08 Å². The summed E-state index contributed by atoms with van der Waals surface area (Å²) in [5, 5.41) is 4.41. The Kier molecular flexibility index (Phi) is 5.85. The zero-order valence-corrected chi connectivity index (χ0v) is 14.4. The maximum Gasteiger partial charge on any atom is 0.246 e. The fraction of sp³-hybridized carbons (Fsp3) is 0.667. The molecule has 0 aromatic carbocycles. The molecule has 1 aromatic heterocycles. The molecule has 1 aromatic rings. The summed E-state index contributed by atoms with van der Waals surface area (Å²) in [7, 11) is 3.52. The molecule has 0 saturated carbocycles. The lowest BCUT2D eigenvalue weighted by atomic mass is 10.2. The number of hydrogen-bond donors (Lipinski definition) is 0. The monoisotopic (exact) mass is 379 g/mol. The Morgan fingerprint density at radius 2 is 2.06 bits per heavy atom. The van der Waals surface area contributed by atoms with E-state index in [0.717, 1.165) is 34.0 Å². The van der Waals surface area contributed by atoms with Gasteiger partial charge in [0.15, 0.2) is 0 Å². The van der Waals surface area contributed by atoms with E-state index in [2.05, 4.69) is 43.9 Å². The third-order valence-corrected chi connectivity index (χ3v) is 4.76. The third kappa shape index (κ3) is 3.35. The van der Waals surface area contributed by atoms with Crippen LogP contribution in [0.4, 0.5) is 0 Å². The number of aromatic nitrogens is 2. The molecule has 0 saturated heterocycles. The predicted molar refractivity (Wildman–Crippen MR) is 79.6 cm³/mol. The van der Waals surface area contributed by atoms with Crippen LogP contribution in [-0.2, 0) is 11.2 Å². The second kappa shape index (κ2) is 6.70. The van der Waals surface area contributed by atoms with Gasteiger partial charge in [0.05, 0.1) is 10.2 Å². The van der Waals surface area contributed by atoms with Crippen molar-refractivity contribution in [2.75, 3.05) is 14.1 Å². The van der Waals surface area contributed by atoms with Crippen LogP contribution < -0.4 is 0 Å². The van der Waals surface area contributed by atoms with Gasteiger partial charge < -0.3 is 4.90 Å². The first-order chi connectivity index (χ1) is 8.40. The SMILES string of the molecule is CCCCc1c(Br)c(Br)nn1C(C)C(=O)N(C)C. The summed E-state index contributed by atoms with van der Waals surface area (Å²) in [5.74, 6) is 0.0512. The number of amides is 1. The van der Waals surface area contributed by atoms with Gasteiger partial charge in [0.1, 0.15) is 10.6 Å². The van der Waals surface area contributed by atoms with Crippen molar-refractivity contribution in [3.63, 3.8) is 0 Å². The molecule has 0 bridgehead atoms. The van der Waals surface area contributed by atoms with Gasteiger partial charge in [-0.25, -0.2) is 0 Å². The summed E-state index contributed by atoms with van der Waals surface area (Å²) in [4.78, 5) is 13.6. The summed E-state index contributed by atoms with van der Waals surface area (Å²) >= 11 is 6.94. The lowest BCUT2D eigenvalue weighted by Crippen LogP contribution is -2.31. The highest BCUT2D eigenvalue weighted by Gasteiger charge is 2.23. The van der Waals surface area contributed by atoms with Crippen LogP contribution in [0, 0.1) is 0 Å². The van der Waals surface area contributed by atoms with Crippen LogP contribution >= 0.6 is 31.9 Å². The van der Waals surface area contributed by atoms with E-state index < -0.39 is 0 Å². The van der Waals surface area contributed by atoms with Crippen molar-refractivity contribution in [2.45, 2.75) is 39.2 Å². The Balaban J connectivity index is 3.07. The highest BCUT2D eigenvalue weighted by molar-refractivity contribution is 9.13. The van der Waals surface area contributed by atoms with Gasteiger partial charge in [-0.2, -0.15) is 5.10 Å². The topological polar surface area (TPSA) is 38.1 Å². The highest BCUT2D eigenvalue weighted by atomic mass is 79.9. The van der Waals surface area contributed by atoms with Gasteiger partial charge in [-0.3, -0.25) is 9.48 Å². The summed E-state index contributed by atoms with van der Waals surface area (Å²) in [6.07, 6.45) is 3.12. The van der Waals surface area contributed by atoms with E-state index in [1.54, 1.807) is 19.0 Å². The van der Waals surface area contributed by atoms with Crippen molar-refractivity contribution in [1.82, 2.24) is 14.7 Å². The largest absolute Gasteiger partial charge is 0.347 e. The Morgan fingerprint density at radius 1 is 1.44 bits per heavy atom. The average Bonchev–Trinajstić information content (AvgIpc) is 2.61. The number of carbonyl (C=O) groups is 1. The molecule has 0 fully saturated rings. The summed E-state index contributed by atoms with van der Waals surface area (Å²) in [6, 6.07) is -0.283. The predicted octanol–water partition coefficient (Wildman–Crippen LogP) is 3.40. The fourth-order valence-corrected chi connectivity index (χ4v) is 2.64. The molecule has 1 unspecified atom stereocenters. The minimum absolute atomic E-state index is 0.0512. The number of halogens is 2. The molecule has 102 valence electrons. The summed E-state index contributed by atoms with van der Waals surface area (Å²) < 4.78 is 3.52. The number of nitrogens with zero attached hydrogens (tertiary/aromatic N) is 3. The first-order valence-electron chi connectivity index (χ1n) is 6.03. The number of rotatable bonds is 5. The molecule has 4 nitrogen and oxygen atoms in total. The summed E-state index contributed by atoms with van der Waals surface area (Å²) in [6.45, 7) is 4.03. The molecule has 0 spiro atoms. The molecule has 18 heavy (non-hydrogen) atoms. The van der Waals surface area contributed by atoms with Gasteiger partial charge >= 0.3 is 0 Å². The zero-order chi connectivity index (χ0) is 13.9. The van der Waals surface area contributed by atoms with Crippen molar-refractivity contribution in [3.05, 3.63) is 14.8 Å². The molecule has 0 aliphatic rings. The molecule has 1 atom stereocenters. The van der Waals surface area contributed by atoms with Crippen LogP contribution in [0.1, 0.15) is 38.4 Å². The Labute approximate surface area is 125 Å². The molecular weight excluding hydrogens is 362 g/mol. The van der Waals surface area contributed by atoms with Crippen molar-refractivity contribution >= 4 is 37.8 Å². The van der Waals surface area contributed by atoms with Crippen molar-refractivity contribution in [3.8, 4) is 0 Å². The molecule has 6 heteroatoms. The second-order valence-electron chi connectivity index (χ2n) is 4.51. The molecule has 1 heterocycles. The molecule has 1 amide bonds. The highest BCUT2D eigenvalue weighted by Crippen LogP contribution is 2.29. The van der Waals surface area contributed by atoms with Gasteiger partial charge in [-0.05, 0) is 51.6 Å². The normalized spacial score (nSPS) is 12.6. The maximum absolute atomic E-state index is 12.0. The number of likely N-dealkylation sites (N-methyl/N-ethyl adjacent to an activating group) is 1. The Bertz CT molecular complexity index is 429. The van der Waals surface area contributed by atoms with Crippen LogP contribution in [-0.4, -0.2) is 34.7 Å². The lowest BCUT2D eigenvalue weighted by molar-refractivity contribution is -0.132. The number of carbonyl (C=O) groups excluding carboxylic acids is 1. The van der Waals surface area contributed by atoms with Crippen LogP contribution in [0.25, 0.3) is 0 Å². The third-order valence-electron chi connectivity index (χ3n) is 2.84. The number of hydrogen-bond acceptors (Lipinski definition) is 2. The maximum atomic E-state index is 12.0. The van der Waals surface area contributed by atoms with Gasteiger partial charge in [0.25, 0.3) is 0 Å². The molecule has 0 N–H and O–H groups in total. The molecule has 0 radical (unpaired) electrons. The van der Waals surface area contributed by atoms with E-state index in [0.29, 0.717) is 0 Å². The smallest absolute Gasteiger partial charge is 0.246 e. The first kappa shape index (κ1) is 15.7. The quantitative estimate of drug-likeness (QED) is 0.785. The van der Waals surface area contributed by atoms with E-state index in [1.807, 2.05) is 11.6 Å². The van der Waals surface area contributed by atoms with Gasteiger partial charge in [-0.15, -0.1) is 0 Å². The first-order valence-corrected chi connectivity index (χ1v) is 7.62. The van der Waals surface area contributed by atoms with E-state index in [9.17, 15) is 4.79 Å². The van der Waals surface area contributed by atoms with E-state index in [-0.39, 0.29) is 11.9 Å². The van der Waals surface area contributed by atoms with Gasteiger partial charge in [0.2, 0.25) is 5.91 Å². The zero-order valence-electron chi connectivity index (χ0n) is 11.2. The van der Waals surface area contributed by atoms with Crippen LogP contribution in [0.2, 0.25) is 0 Å². The van der Waals surface area contributed by atoms with Gasteiger partial charge in [0, 0.05) is 14.1 Å². The molecule has 1 rings (SSSR count). The molecular formula is C12H19Br2N3O.